The summed E-state index contributed by atoms with van der Waals surface area (Å²) in [5.74, 6) is -1.59. The van der Waals surface area contributed by atoms with Gasteiger partial charge >= 0.3 is 5.97 Å². The predicted octanol–water partition coefficient (Wildman–Crippen LogP) is 0.296. The normalized spacial score (nSPS) is 13.1. The molecule has 94 valence electrons. The molecule has 1 aromatic heterocycles. The van der Waals surface area contributed by atoms with Crippen LogP contribution in [0.5, 0.6) is 0 Å². The average molecular weight is 257 g/mol. The highest BCUT2D eigenvalue weighted by Gasteiger charge is 2.28. The van der Waals surface area contributed by atoms with Gasteiger partial charge in [0.1, 0.15) is 5.01 Å². The van der Waals surface area contributed by atoms with Crippen LogP contribution in [0.3, 0.4) is 0 Å². The highest BCUT2D eigenvalue weighted by molar-refractivity contribution is 7.09. The Bertz CT molecular complexity index is 403. The van der Waals surface area contributed by atoms with Crippen LogP contribution in [0.4, 0.5) is 0 Å². The third kappa shape index (κ3) is 3.79. The van der Waals surface area contributed by atoms with E-state index in [1.165, 1.54) is 11.3 Å². The van der Waals surface area contributed by atoms with E-state index in [1.807, 2.05) is 0 Å². The monoisotopic (exact) mass is 257 g/mol. The van der Waals surface area contributed by atoms with Crippen molar-refractivity contribution in [3.8, 4) is 0 Å². The molecule has 0 spiro atoms. The summed E-state index contributed by atoms with van der Waals surface area (Å²) >= 11 is 1.41. The van der Waals surface area contributed by atoms with Gasteiger partial charge < -0.3 is 16.2 Å². The van der Waals surface area contributed by atoms with Gasteiger partial charge in [-0.05, 0) is 13.8 Å². The minimum atomic E-state index is -1.10. The summed E-state index contributed by atoms with van der Waals surface area (Å²) in [7, 11) is 0. The molecular formula is C10H15N3O3S. The third-order valence-electron chi connectivity index (χ3n) is 2.13. The lowest BCUT2D eigenvalue weighted by atomic mass is 10.1. The van der Waals surface area contributed by atoms with Gasteiger partial charge in [-0.3, -0.25) is 9.59 Å². The molecule has 17 heavy (non-hydrogen) atoms. The molecule has 0 aliphatic heterocycles. The lowest BCUT2D eigenvalue weighted by Gasteiger charge is -2.25. The Labute approximate surface area is 103 Å². The smallest absolute Gasteiger partial charge is 0.305 e. The fraction of sp³-hybridized carbons (Fsp3) is 0.500. The van der Waals surface area contributed by atoms with E-state index >= 15 is 0 Å². The summed E-state index contributed by atoms with van der Waals surface area (Å²) in [6, 6.07) is -1.05. The number of carbonyl (C=O) groups excluding carboxylic acids is 1. The van der Waals surface area contributed by atoms with Crippen LogP contribution >= 0.6 is 11.3 Å². The molecule has 0 saturated heterocycles. The van der Waals surface area contributed by atoms with Gasteiger partial charge in [-0.15, -0.1) is 11.3 Å². The SMILES string of the molecule is CC(C)(NC(=O)C(N)CC(=O)O)c1nccs1. The Hall–Kier alpha value is -1.47. The fourth-order valence-corrected chi connectivity index (χ4v) is 1.99. The standard InChI is InChI=1S/C10H15N3O3S/c1-10(2,9-12-3-4-17-9)13-8(16)6(11)5-7(14)15/h3-4,6H,5,11H2,1-2H3,(H,13,16)(H,14,15). The number of nitrogens with one attached hydrogen (secondary N) is 1. The van der Waals surface area contributed by atoms with E-state index < -0.39 is 23.5 Å². The van der Waals surface area contributed by atoms with Gasteiger partial charge in [0.2, 0.25) is 5.91 Å². The van der Waals surface area contributed by atoms with Crippen LogP contribution in [0, 0.1) is 0 Å². The first-order valence-corrected chi connectivity index (χ1v) is 5.90. The fourth-order valence-electron chi connectivity index (χ4n) is 1.27. The van der Waals surface area contributed by atoms with Crippen molar-refractivity contribution in [3.63, 3.8) is 0 Å². The molecule has 0 aliphatic rings. The largest absolute Gasteiger partial charge is 0.481 e. The number of carbonyl (C=O) groups is 2. The van der Waals surface area contributed by atoms with E-state index in [4.69, 9.17) is 10.8 Å². The zero-order valence-corrected chi connectivity index (χ0v) is 10.5. The molecule has 0 aromatic carbocycles. The quantitative estimate of drug-likeness (QED) is 0.703. The second kappa shape index (κ2) is 5.24. The van der Waals surface area contributed by atoms with Crippen molar-refractivity contribution in [1.29, 1.82) is 0 Å². The third-order valence-corrected chi connectivity index (χ3v) is 3.23. The zero-order chi connectivity index (χ0) is 13.1. The van der Waals surface area contributed by atoms with Gasteiger partial charge in [0.25, 0.3) is 0 Å². The minimum Gasteiger partial charge on any atom is -0.481 e. The summed E-state index contributed by atoms with van der Waals surface area (Å²) in [6.07, 6.45) is 1.25. The van der Waals surface area contributed by atoms with Gasteiger partial charge in [0.15, 0.2) is 0 Å². The molecule has 1 unspecified atom stereocenters. The maximum atomic E-state index is 11.7. The van der Waals surface area contributed by atoms with E-state index in [-0.39, 0.29) is 6.42 Å². The Kier molecular flexibility index (Phi) is 4.19. The summed E-state index contributed by atoms with van der Waals surface area (Å²) in [6.45, 7) is 3.58. The van der Waals surface area contributed by atoms with Crippen molar-refractivity contribution in [3.05, 3.63) is 16.6 Å². The Morgan fingerprint density at radius 3 is 2.76 bits per heavy atom. The maximum Gasteiger partial charge on any atom is 0.305 e. The van der Waals surface area contributed by atoms with Gasteiger partial charge in [0, 0.05) is 11.6 Å². The van der Waals surface area contributed by atoms with Crippen molar-refractivity contribution < 1.29 is 14.7 Å². The number of aromatic nitrogens is 1. The molecular weight excluding hydrogens is 242 g/mol. The van der Waals surface area contributed by atoms with Crippen LogP contribution in [0.25, 0.3) is 0 Å². The Balaban J connectivity index is 2.65. The maximum absolute atomic E-state index is 11.7. The first-order chi connectivity index (χ1) is 7.83. The van der Waals surface area contributed by atoms with Crippen LogP contribution in [0.15, 0.2) is 11.6 Å². The molecule has 1 atom stereocenters. The number of amides is 1. The van der Waals surface area contributed by atoms with Crippen molar-refractivity contribution in [2.45, 2.75) is 31.8 Å². The van der Waals surface area contributed by atoms with Crippen molar-refractivity contribution in [1.82, 2.24) is 10.3 Å². The van der Waals surface area contributed by atoms with E-state index in [2.05, 4.69) is 10.3 Å². The summed E-state index contributed by atoms with van der Waals surface area (Å²) in [5, 5.41) is 13.8. The number of thiazole rings is 1. The van der Waals surface area contributed by atoms with Crippen molar-refractivity contribution >= 4 is 23.2 Å². The second-order valence-electron chi connectivity index (χ2n) is 4.16. The van der Waals surface area contributed by atoms with Gasteiger partial charge in [-0.25, -0.2) is 4.98 Å². The van der Waals surface area contributed by atoms with E-state index in [0.717, 1.165) is 5.01 Å². The molecule has 0 saturated carbocycles. The second-order valence-corrected chi connectivity index (χ2v) is 5.05. The number of hydrogen-bond donors (Lipinski definition) is 3. The first kappa shape index (κ1) is 13.6. The Morgan fingerprint density at radius 1 is 1.65 bits per heavy atom. The van der Waals surface area contributed by atoms with Crippen LogP contribution < -0.4 is 11.1 Å². The topological polar surface area (TPSA) is 105 Å². The van der Waals surface area contributed by atoms with Crippen LogP contribution in [0.2, 0.25) is 0 Å². The van der Waals surface area contributed by atoms with Gasteiger partial charge in [-0.1, -0.05) is 0 Å². The molecule has 0 aliphatic carbocycles. The van der Waals surface area contributed by atoms with E-state index in [9.17, 15) is 9.59 Å². The minimum absolute atomic E-state index is 0.389. The highest BCUT2D eigenvalue weighted by Crippen LogP contribution is 2.21. The Morgan fingerprint density at radius 2 is 2.29 bits per heavy atom. The molecule has 1 amide bonds. The van der Waals surface area contributed by atoms with Crippen molar-refractivity contribution in [2.75, 3.05) is 0 Å². The number of carboxylic acid groups (broad SMARTS) is 1. The molecule has 7 heteroatoms. The number of aliphatic carboxylic acids is 1. The van der Waals surface area contributed by atoms with E-state index in [0.29, 0.717) is 0 Å². The molecule has 6 nitrogen and oxygen atoms in total. The van der Waals surface area contributed by atoms with Gasteiger partial charge in [-0.2, -0.15) is 0 Å². The summed E-state index contributed by atoms with van der Waals surface area (Å²) in [5.41, 5.74) is 4.82. The lowest BCUT2D eigenvalue weighted by molar-refractivity contribution is -0.139. The summed E-state index contributed by atoms with van der Waals surface area (Å²) in [4.78, 5) is 26.2. The number of nitrogens with zero attached hydrogens (tertiary/aromatic N) is 1. The average Bonchev–Trinajstić information content (AvgIpc) is 2.68. The number of carboxylic acids is 1. The number of hydrogen-bond acceptors (Lipinski definition) is 5. The molecule has 0 radical (unpaired) electrons. The lowest BCUT2D eigenvalue weighted by Crippen LogP contribution is -2.49. The molecule has 4 N–H and O–H groups in total. The molecule has 1 rings (SSSR count). The summed E-state index contributed by atoms with van der Waals surface area (Å²) < 4.78 is 0. The highest BCUT2D eigenvalue weighted by atomic mass is 32.1. The van der Waals surface area contributed by atoms with Crippen LogP contribution in [-0.2, 0) is 15.1 Å². The number of rotatable bonds is 5. The predicted molar refractivity (Wildman–Crippen MR) is 63.5 cm³/mol. The van der Waals surface area contributed by atoms with E-state index in [1.54, 1.807) is 25.4 Å². The van der Waals surface area contributed by atoms with Crippen molar-refractivity contribution in [2.24, 2.45) is 5.73 Å². The molecule has 1 aromatic rings. The van der Waals surface area contributed by atoms with Crippen LogP contribution in [-0.4, -0.2) is 28.0 Å². The number of nitrogens with two attached hydrogens (primary N) is 1. The first-order valence-electron chi connectivity index (χ1n) is 5.02. The zero-order valence-electron chi connectivity index (χ0n) is 9.64. The van der Waals surface area contributed by atoms with Gasteiger partial charge in [0.05, 0.1) is 18.0 Å². The molecule has 0 bridgehead atoms. The molecule has 0 fully saturated rings. The van der Waals surface area contributed by atoms with Crippen LogP contribution in [0.1, 0.15) is 25.3 Å². The molecule has 1 heterocycles.